The number of morpholine rings is 1. The number of nitrogens with one attached hydrogen (secondary N) is 2. The average Bonchev–Trinajstić information content (AvgIpc) is 2.96. The summed E-state index contributed by atoms with van der Waals surface area (Å²) in [6.45, 7) is 11.4. The van der Waals surface area contributed by atoms with Gasteiger partial charge in [-0.05, 0) is 93.6 Å². The maximum Gasteiger partial charge on any atom is 0.433 e. The number of benzene rings is 1. The highest BCUT2D eigenvalue weighted by molar-refractivity contribution is 6.04. The fraction of sp³-hybridized carbons (Fsp3) is 0.375. The van der Waals surface area contributed by atoms with Crippen molar-refractivity contribution in [1.29, 1.82) is 0 Å². The first-order valence-electron chi connectivity index (χ1n) is 14.0. The van der Waals surface area contributed by atoms with Crippen LogP contribution in [0.2, 0.25) is 0 Å². The average molecular weight is 610 g/mol. The molecule has 9 nitrogen and oxygen atoms in total. The minimum Gasteiger partial charge on any atom is -0.444 e. The topological polar surface area (TPSA) is 106 Å². The van der Waals surface area contributed by atoms with E-state index in [2.05, 4.69) is 32.4 Å². The van der Waals surface area contributed by atoms with Gasteiger partial charge in [-0.25, -0.2) is 9.78 Å². The molecule has 2 N–H and O–H groups in total. The third-order valence-electron chi connectivity index (χ3n) is 6.42. The van der Waals surface area contributed by atoms with Gasteiger partial charge in [0.1, 0.15) is 22.8 Å². The van der Waals surface area contributed by atoms with E-state index in [1.807, 2.05) is 25.1 Å². The number of nitrogens with zero attached hydrogens (tertiary/aromatic N) is 3. The van der Waals surface area contributed by atoms with Crippen molar-refractivity contribution in [3.05, 3.63) is 71.2 Å². The van der Waals surface area contributed by atoms with Crippen LogP contribution >= 0.6 is 0 Å². The zero-order valence-electron chi connectivity index (χ0n) is 25.1. The molecule has 232 valence electrons. The summed E-state index contributed by atoms with van der Waals surface area (Å²) in [5.74, 6) is 6.04. The number of alkyl carbamates (subject to hydrolysis) is 1. The van der Waals surface area contributed by atoms with E-state index < -0.39 is 35.5 Å². The molecule has 2 amide bonds. The summed E-state index contributed by atoms with van der Waals surface area (Å²) in [5, 5.41) is 5.38. The standard InChI is InChI=1S/C32H34F3N5O4/c1-20-6-8-25(39-29(41)22-10-11-36-27(17-22)32(33,34)35)19-26(20)23-16-24(38-28(18-23)40-12-14-43-15-13-40)9-7-21(2)37-30(42)44-31(3,4)5/h6,8,10-11,16-19,21H,12-15H2,1-5H3,(H,37,42)(H,39,41)/t21-/m0/s1. The highest BCUT2D eigenvalue weighted by Crippen LogP contribution is 2.31. The predicted octanol–water partition coefficient (Wildman–Crippen LogP) is 5.82. The van der Waals surface area contributed by atoms with Gasteiger partial charge in [-0.2, -0.15) is 13.2 Å². The van der Waals surface area contributed by atoms with Crippen molar-refractivity contribution in [2.24, 2.45) is 0 Å². The molecule has 2 aromatic heterocycles. The Balaban J connectivity index is 1.64. The number of carbonyl (C=O) groups excluding carboxylic acids is 2. The van der Waals surface area contributed by atoms with E-state index in [9.17, 15) is 22.8 Å². The van der Waals surface area contributed by atoms with Crippen LogP contribution in [0.25, 0.3) is 11.1 Å². The molecule has 0 saturated carbocycles. The van der Waals surface area contributed by atoms with Gasteiger partial charge in [-0.3, -0.25) is 9.78 Å². The number of anilines is 2. The van der Waals surface area contributed by atoms with Gasteiger partial charge in [-0.1, -0.05) is 12.0 Å². The summed E-state index contributed by atoms with van der Waals surface area (Å²) in [6, 6.07) is 10.4. The van der Waals surface area contributed by atoms with Crippen molar-refractivity contribution >= 4 is 23.5 Å². The van der Waals surface area contributed by atoms with Crippen LogP contribution in [-0.4, -0.2) is 59.9 Å². The van der Waals surface area contributed by atoms with E-state index in [0.717, 1.165) is 22.9 Å². The molecule has 0 aliphatic carbocycles. The normalized spacial score (nSPS) is 14.2. The summed E-state index contributed by atoms with van der Waals surface area (Å²) >= 11 is 0. The van der Waals surface area contributed by atoms with Gasteiger partial charge < -0.3 is 25.0 Å². The van der Waals surface area contributed by atoms with Gasteiger partial charge in [0.05, 0.1) is 19.3 Å². The third kappa shape index (κ3) is 8.94. The van der Waals surface area contributed by atoms with Crippen molar-refractivity contribution < 1.29 is 32.2 Å². The van der Waals surface area contributed by atoms with Gasteiger partial charge in [0.2, 0.25) is 0 Å². The van der Waals surface area contributed by atoms with Crippen LogP contribution in [0.3, 0.4) is 0 Å². The molecule has 1 atom stereocenters. The van der Waals surface area contributed by atoms with Gasteiger partial charge in [0.25, 0.3) is 5.91 Å². The lowest BCUT2D eigenvalue weighted by molar-refractivity contribution is -0.141. The number of alkyl halides is 3. The van der Waals surface area contributed by atoms with Crippen molar-refractivity contribution in [2.45, 2.75) is 52.4 Å². The Kier molecular flexibility index (Phi) is 9.79. The van der Waals surface area contributed by atoms with Crippen LogP contribution in [0.4, 0.5) is 29.5 Å². The summed E-state index contributed by atoms with van der Waals surface area (Å²) in [4.78, 5) is 35.2. The van der Waals surface area contributed by atoms with Gasteiger partial charge in [-0.15, -0.1) is 0 Å². The van der Waals surface area contributed by atoms with Crippen LogP contribution in [0.15, 0.2) is 48.7 Å². The van der Waals surface area contributed by atoms with Crippen LogP contribution in [0, 0.1) is 18.8 Å². The predicted molar refractivity (Wildman–Crippen MR) is 160 cm³/mol. The van der Waals surface area contributed by atoms with Crippen LogP contribution in [0.1, 0.15) is 55.0 Å². The number of halogens is 3. The van der Waals surface area contributed by atoms with E-state index >= 15 is 0 Å². The molecule has 1 saturated heterocycles. The molecule has 0 radical (unpaired) electrons. The number of pyridine rings is 2. The zero-order valence-corrected chi connectivity index (χ0v) is 25.1. The molecule has 0 bridgehead atoms. The molecule has 4 rings (SSSR count). The van der Waals surface area contributed by atoms with E-state index in [1.54, 1.807) is 39.8 Å². The molecule has 1 aromatic carbocycles. The largest absolute Gasteiger partial charge is 0.444 e. The molecule has 0 unspecified atom stereocenters. The summed E-state index contributed by atoms with van der Waals surface area (Å²) in [6.07, 6.45) is -4.29. The van der Waals surface area contributed by atoms with E-state index in [-0.39, 0.29) is 5.56 Å². The maximum absolute atomic E-state index is 13.1. The lowest BCUT2D eigenvalue weighted by Gasteiger charge is -2.28. The van der Waals surface area contributed by atoms with Crippen LogP contribution < -0.4 is 15.5 Å². The van der Waals surface area contributed by atoms with E-state index in [4.69, 9.17) is 14.5 Å². The fourth-order valence-corrected chi connectivity index (χ4v) is 4.33. The minimum absolute atomic E-state index is 0.167. The van der Waals surface area contributed by atoms with Gasteiger partial charge in [0, 0.05) is 30.5 Å². The number of aromatic nitrogens is 2. The monoisotopic (exact) mass is 609 g/mol. The summed E-state index contributed by atoms with van der Waals surface area (Å²) in [5.41, 5.74) is 1.34. The molecule has 1 aliphatic heterocycles. The van der Waals surface area contributed by atoms with Crippen molar-refractivity contribution in [2.75, 3.05) is 36.5 Å². The lowest BCUT2D eigenvalue weighted by atomic mass is 9.99. The fourth-order valence-electron chi connectivity index (χ4n) is 4.33. The highest BCUT2D eigenvalue weighted by Gasteiger charge is 2.33. The van der Waals surface area contributed by atoms with Gasteiger partial charge in [0.15, 0.2) is 0 Å². The van der Waals surface area contributed by atoms with Crippen molar-refractivity contribution in [3.63, 3.8) is 0 Å². The smallest absolute Gasteiger partial charge is 0.433 e. The molecular weight excluding hydrogens is 575 g/mol. The van der Waals surface area contributed by atoms with E-state index in [1.165, 1.54) is 6.07 Å². The first-order valence-corrected chi connectivity index (χ1v) is 14.0. The second kappa shape index (κ2) is 13.3. The summed E-state index contributed by atoms with van der Waals surface area (Å²) in [7, 11) is 0. The van der Waals surface area contributed by atoms with Crippen LogP contribution in [-0.2, 0) is 15.7 Å². The Labute approximate surface area is 254 Å². The number of hydrogen-bond donors (Lipinski definition) is 2. The summed E-state index contributed by atoms with van der Waals surface area (Å²) < 4.78 is 50.1. The molecule has 12 heteroatoms. The Morgan fingerprint density at radius 1 is 1.07 bits per heavy atom. The Bertz CT molecular complexity index is 1590. The number of amides is 2. The Morgan fingerprint density at radius 3 is 2.48 bits per heavy atom. The molecule has 3 aromatic rings. The second-order valence-corrected chi connectivity index (χ2v) is 11.2. The first-order chi connectivity index (χ1) is 20.7. The molecule has 1 fully saturated rings. The number of ether oxygens (including phenoxy) is 2. The van der Waals surface area contributed by atoms with Crippen LogP contribution in [0.5, 0.6) is 0 Å². The molecular formula is C32H34F3N5O4. The van der Waals surface area contributed by atoms with Crippen molar-refractivity contribution in [1.82, 2.24) is 15.3 Å². The molecule has 44 heavy (non-hydrogen) atoms. The lowest BCUT2D eigenvalue weighted by Crippen LogP contribution is -2.37. The van der Waals surface area contributed by atoms with Crippen molar-refractivity contribution in [3.8, 4) is 23.0 Å². The van der Waals surface area contributed by atoms with Gasteiger partial charge >= 0.3 is 12.3 Å². The zero-order chi connectivity index (χ0) is 32.1. The highest BCUT2D eigenvalue weighted by atomic mass is 19.4. The SMILES string of the molecule is Cc1ccc(NC(=O)c2ccnc(C(F)(F)F)c2)cc1-c1cc(C#C[C@H](C)NC(=O)OC(C)(C)C)nc(N2CCOCC2)c1. The minimum atomic E-state index is -4.67. The molecule has 0 spiro atoms. The quantitative estimate of drug-likeness (QED) is 0.351. The Morgan fingerprint density at radius 2 is 1.80 bits per heavy atom. The number of hydrogen-bond acceptors (Lipinski definition) is 7. The molecule has 3 heterocycles. The third-order valence-corrected chi connectivity index (χ3v) is 6.42. The number of rotatable bonds is 5. The van der Waals surface area contributed by atoms with E-state index in [0.29, 0.717) is 49.6 Å². The first kappa shape index (κ1) is 32.3. The number of carbonyl (C=O) groups is 2. The number of aryl methyl sites for hydroxylation is 1. The maximum atomic E-state index is 13.1. The Hall–Kier alpha value is -4.63. The second-order valence-electron chi connectivity index (χ2n) is 11.2. The molecule has 1 aliphatic rings.